The van der Waals surface area contributed by atoms with E-state index in [-0.39, 0.29) is 5.91 Å². The predicted molar refractivity (Wildman–Crippen MR) is 121 cm³/mol. The molecule has 8 nitrogen and oxygen atoms in total. The maximum absolute atomic E-state index is 13.0. The molecule has 3 aromatic rings. The minimum Gasteiger partial charge on any atom is -0.465 e. The second kappa shape index (κ2) is 9.05. The summed E-state index contributed by atoms with van der Waals surface area (Å²) in [5.74, 6) is -0.575. The van der Waals surface area contributed by atoms with Crippen molar-refractivity contribution in [2.75, 3.05) is 12.4 Å². The highest BCUT2D eigenvalue weighted by molar-refractivity contribution is 9.10. The molecule has 31 heavy (non-hydrogen) atoms. The number of hydrogen-bond donors (Lipinski definition) is 1. The van der Waals surface area contributed by atoms with E-state index >= 15 is 0 Å². The van der Waals surface area contributed by atoms with Crippen molar-refractivity contribution in [1.29, 1.82) is 0 Å². The van der Waals surface area contributed by atoms with E-state index in [1.165, 1.54) is 7.11 Å². The summed E-state index contributed by atoms with van der Waals surface area (Å²) in [4.78, 5) is 25.0. The molecule has 3 rings (SSSR count). The monoisotopic (exact) mass is 487 g/mol. The van der Waals surface area contributed by atoms with Gasteiger partial charge in [-0.05, 0) is 62.2 Å². The van der Waals surface area contributed by atoms with Gasteiger partial charge in [0, 0.05) is 0 Å². The summed E-state index contributed by atoms with van der Waals surface area (Å²) in [6.07, 6.45) is 0. The molecular weight excluding hydrogens is 462 g/mol. The number of aryl methyl sites for hydroxylation is 2. The number of aromatic nitrogens is 4. The molecule has 0 spiro atoms. The number of amides is 1. The van der Waals surface area contributed by atoms with E-state index in [9.17, 15) is 9.59 Å². The molecule has 164 valence electrons. The van der Waals surface area contributed by atoms with Crippen LogP contribution in [0.25, 0.3) is 0 Å². The van der Waals surface area contributed by atoms with Crippen LogP contribution >= 0.6 is 15.9 Å². The number of carbonyl (C=O) groups excluding carboxylic acids is 2. The minimum atomic E-state index is -0.493. The van der Waals surface area contributed by atoms with Gasteiger partial charge in [-0.3, -0.25) is 14.2 Å². The lowest BCUT2D eigenvalue weighted by Gasteiger charge is -2.15. The second-order valence-corrected chi connectivity index (χ2v) is 8.24. The highest BCUT2D eigenvalue weighted by Gasteiger charge is 2.23. The Labute approximate surface area is 189 Å². The van der Waals surface area contributed by atoms with Crippen LogP contribution in [0.5, 0.6) is 0 Å². The molecule has 0 aliphatic carbocycles. The van der Waals surface area contributed by atoms with Crippen molar-refractivity contribution in [3.8, 4) is 0 Å². The topological polar surface area (TPSA) is 91.0 Å². The summed E-state index contributed by atoms with van der Waals surface area (Å²) in [6, 6.07) is 6.76. The quantitative estimate of drug-likeness (QED) is 0.528. The fourth-order valence-corrected chi connectivity index (χ4v) is 3.78. The number of hydrogen-bond acceptors (Lipinski definition) is 5. The lowest BCUT2D eigenvalue weighted by atomic mass is 10.1. The lowest BCUT2D eigenvalue weighted by Crippen LogP contribution is -2.25. The number of nitrogens with zero attached hydrogens (tertiary/aromatic N) is 4. The zero-order chi connectivity index (χ0) is 22.9. The number of rotatable bonds is 6. The number of ether oxygens (including phenoxy) is 1. The van der Waals surface area contributed by atoms with Crippen LogP contribution in [0.4, 0.5) is 5.69 Å². The number of carbonyl (C=O) groups is 2. The largest absolute Gasteiger partial charge is 0.465 e. The molecule has 2 heterocycles. The third kappa shape index (κ3) is 4.41. The molecule has 1 N–H and O–H groups in total. The van der Waals surface area contributed by atoms with Crippen LogP contribution in [0.3, 0.4) is 0 Å². The SMILES string of the molecule is COC(=O)c1ccccc1Cn1nc(C)c(NC(=O)C(C)n2nc(C)c(Br)c2C)c1C. The van der Waals surface area contributed by atoms with Gasteiger partial charge in [0.2, 0.25) is 5.91 Å². The van der Waals surface area contributed by atoms with Crippen LogP contribution in [-0.2, 0) is 16.1 Å². The smallest absolute Gasteiger partial charge is 0.338 e. The van der Waals surface area contributed by atoms with Crippen LogP contribution in [0.1, 0.15) is 51.7 Å². The fraction of sp³-hybridized carbons (Fsp3) is 0.364. The summed E-state index contributed by atoms with van der Waals surface area (Å²) >= 11 is 3.50. The molecule has 9 heteroatoms. The van der Waals surface area contributed by atoms with Crippen molar-refractivity contribution in [1.82, 2.24) is 19.6 Å². The normalized spacial score (nSPS) is 12.0. The molecule has 0 saturated heterocycles. The Morgan fingerprint density at radius 1 is 1.10 bits per heavy atom. The molecule has 0 fully saturated rings. The maximum Gasteiger partial charge on any atom is 0.338 e. The zero-order valence-corrected chi connectivity index (χ0v) is 20.1. The zero-order valence-electron chi connectivity index (χ0n) is 18.5. The van der Waals surface area contributed by atoms with Gasteiger partial charge in [0.25, 0.3) is 0 Å². The average molecular weight is 488 g/mol. The summed E-state index contributed by atoms with van der Waals surface area (Å²) in [5, 5.41) is 12.0. The van der Waals surface area contributed by atoms with E-state index in [1.807, 2.05) is 46.8 Å². The maximum atomic E-state index is 13.0. The van der Waals surface area contributed by atoms with Crippen molar-refractivity contribution in [3.05, 3.63) is 62.6 Å². The molecule has 0 radical (unpaired) electrons. The van der Waals surface area contributed by atoms with Gasteiger partial charge in [-0.15, -0.1) is 0 Å². The van der Waals surface area contributed by atoms with Gasteiger partial charge in [0.15, 0.2) is 0 Å². The molecule has 0 saturated carbocycles. The summed E-state index contributed by atoms with van der Waals surface area (Å²) in [5.41, 5.74) is 5.17. The van der Waals surface area contributed by atoms with Crippen molar-refractivity contribution in [2.24, 2.45) is 0 Å². The summed E-state index contributed by atoms with van der Waals surface area (Å²) in [6.45, 7) is 9.73. The van der Waals surface area contributed by atoms with Gasteiger partial charge in [-0.25, -0.2) is 4.79 Å². The van der Waals surface area contributed by atoms with Gasteiger partial charge in [0.1, 0.15) is 6.04 Å². The Morgan fingerprint density at radius 3 is 2.39 bits per heavy atom. The van der Waals surface area contributed by atoms with Gasteiger partial charge in [0.05, 0.1) is 52.2 Å². The number of anilines is 1. The standard InChI is InChI=1S/C22H26BrN5O3/c1-12-19(23)14(3)28(26-12)16(5)21(29)24-20-13(2)25-27(15(20)4)11-17-9-7-8-10-18(17)22(30)31-6/h7-10,16H,11H2,1-6H3,(H,24,29). The van der Waals surface area contributed by atoms with Crippen molar-refractivity contribution >= 4 is 33.5 Å². The number of benzene rings is 1. The fourth-order valence-electron chi connectivity index (χ4n) is 3.52. The molecule has 1 amide bonds. The lowest BCUT2D eigenvalue weighted by molar-refractivity contribution is -0.119. The Kier molecular flexibility index (Phi) is 6.64. The molecule has 0 aliphatic rings. The molecule has 1 aromatic carbocycles. The minimum absolute atomic E-state index is 0.182. The van der Waals surface area contributed by atoms with E-state index in [2.05, 4.69) is 31.4 Å². The highest BCUT2D eigenvalue weighted by Crippen LogP contribution is 2.26. The first-order chi connectivity index (χ1) is 14.6. The Bertz CT molecular complexity index is 1150. The Hall–Kier alpha value is -2.94. The van der Waals surface area contributed by atoms with Gasteiger partial charge < -0.3 is 10.1 Å². The summed E-state index contributed by atoms with van der Waals surface area (Å²) < 4.78 is 9.26. The Morgan fingerprint density at radius 2 is 1.77 bits per heavy atom. The van der Waals surface area contributed by atoms with E-state index in [0.717, 1.165) is 27.1 Å². The van der Waals surface area contributed by atoms with Crippen molar-refractivity contribution < 1.29 is 14.3 Å². The average Bonchev–Trinajstić information content (AvgIpc) is 3.17. The van der Waals surface area contributed by atoms with E-state index in [1.54, 1.807) is 21.5 Å². The third-order valence-electron chi connectivity index (χ3n) is 5.36. The second-order valence-electron chi connectivity index (χ2n) is 7.45. The molecule has 1 atom stereocenters. The number of nitrogens with one attached hydrogen (secondary N) is 1. The van der Waals surface area contributed by atoms with E-state index < -0.39 is 12.0 Å². The predicted octanol–water partition coefficient (Wildman–Crippen LogP) is 4.11. The van der Waals surface area contributed by atoms with E-state index in [4.69, 9.17) is 4.74 Å². The molecule has 0 bridgehead atoms. The first-order valence-electron chi connectivity index (χ1n) is 9.88. The molecule has 0 aliphatic heterocycles. The van der Waals surface area contributed by atoms with Crippen LogP contribution in [-0.4, -0.2) is 38.5 Å². The number of esters is 1. The number of methoxy groups -OCH3 is 1. The Balaban J connectivity index is 1.85. The highest BCUT2D eigenvalue weighted by atomic mass is 79.9. The van der Waals surface area contributed by atoms with Crippen molar-refractivity contribution in [2.45, 2.75) is 47.2 Å². The van der Waals surface area contributed by atoms with Gasteiger partial charge in [-0.1, -0.05) is 18.2 Å². The van der Waals surface area contributed by atoms with Crippen molar-refractivity contribution in [3.63, 3.8) is 0 Å². The van der Waals surface area contributed by atoms with Gasteiger partial charge >= 0.3 is 5.97 Å². The van der Waals surface area contributed by atoms with Crippen LogP contribution in [0.15, 0.2) is 28.7 Å². The molecular formula is C22H26BrN5O3. The van der Waals surface area contributed by atoms with Gasteiger partial charge in [-0.2, -0.15) is 10.2 Å². The third-order valence-corrected chi connectivity index (χ3v) is 6.50. The number of halogens is 1. The molecule has 2 aromatic heterocycles. The van der Waals surface area contributed by atoms with Crippen LogP contribution < -0.4 is 5.32 Å². The first-order valence-corrected chi connectivity index (χ1v) is 10.7. The summed E-state index contributed by atoms with van der Waals surface area (Å²) in [7, 11) is 1.36. The molecule has 1 unspecified atom stereocenters. The van der Waals surface area contributed by atoms with Crippen LogP contribution in [0, 0.1) is 27.7 Å². The van der Waals surface area contributed by atoms with Crippen LogP contribution in [0.2, 0.25) is 0 Å². The van der Waals surface area contributed by atoms with E-state index in [0.29, 0.717) is 23.5 Å². The first kappa shape index (κ1) is 22.7.